The minimum atomic E-state index is -0.589. The van der Waals surface area contributed by atoms with Crippen LogP contribution >= 0.6 is 0 Å². The van der Waals surface area contributed by atoms with Crippen LogP contribution in [-0.4, -0.2) is 18.9 Å². The number of halogens is 1. The van der Waals surface area contributed by atoms with E-state index in [1.165, 1.54) is 12.1 Å². The van der Waals surface area contributed by atoms with Crippen molar-refractivity contribution in [3.8, 4) is 5.75 Å². The average Bonchev–Trinajstić information content (AvgIpc) is 2.84. The van der Waals surface area contributed by atoms with Gasteiger partial charge in [0.2, 0.25) is 5.79 Å². The zero-order chi connectivity index (χ0) is 11.9. The molecule has 3 nitrogen and oxygen atoms in total. The Labute approximate surface area is 99.9 Å². The summed E-state index contributed by atoms with van der Waals surface area (Å²) in [6.45, 7) is 4.30. The second-order valence-electron chi connectivity index (χ2n) is 4.85. The van der Waals surface area contributed by atoms with Crippen LogP contribution in [0.4, 0.5) is 4.39 Å². The lowest BCUT2D eigenvalue weighted by Gasteiger charge is -2.39. The van der Waals surface area contributed by atoms with Crippen LogP contribution < -0.4 is 10.1 Å². The first-order chi connectivity index (χ1) is 8.17. The fourth-order valence-corrected chi connectivity index (χ4v) is 2.53. The minimum absolute atomic E-state index is 0.248. The van der Waals surface area contributed by atoms with E-state index in [1.807, 2.05) is 6.92 Å². The Kier molecular flexibility index (Phi) is 2.56. The second-order valence-corrected chi connectivity index (χ2v) is 4.85. The fourth-order valence-electron chi connectivity index (χ4n) is 2.53. The Morgan fingerprint density at radius 1 is 1.47 bits per heavy atom. The van der Waals surface area contributed by atoms with E-state index in [1.54, 1.807) is 6.07 Å². The first-order valence-corrected chi connectivity index (χ1v) is 5.99. The number of rotatable bonds is 1. The number of fused-ring (bicyclic) bond motifs is 1. The van der Waals surface area contributed by atoms with E-state index < -0.39 is 5.79 Å². The van der Waals surface area contributed by atoms with Crippen molar-refractivity contribution in [2.24, 2.45) is 5.92 Å². The molecule has 2 heterocycles. The normalized spacial score (nSPS) is 32.0. The van der Waals surface area contributed by atoms with Gasteiger partial charge in [0.15, 0.2) is 0 Å². The van der Waals surface area contributed by atoms with E-state index in [0.29, 0.717) is 12.5 Å². The van der Waals surface area contributed by atoms with Crippen LogP contribution in [0.2, 0.25) is 0 Å². The summed E-state index contributed by atoms with van der Waals surface area (Å²) in [5.74, 6) is 0.253. The molecule has 0 spiro atoms. The maximum atomic E-state index is 13.1. The van der Waals surface area contributed by atoms with Gasteiger partial charge in [-0.3, -0.25) is 0 Å². The lowest BCUT2D eigenvalue weighted by molar-refractivity contribution is -0.222. The Balaban J connectivity index is 1.86. The molecule has 4 heteroatoms. The molecule has 0 aliphatic carbocycles. The van der Waals surface area contributed by atoms with Gasteiger partial charge >= 0.3 is 0 Å². The van der Waals surface area contributed by atoms with Gasteiger partial charge in [-0.15, -0.1) is 0 Å². The molecular weight excluding hydrogens is 221 g/mol. The van der Waals surface area contributed by atoms with Crippen molar-refractivity contribution >= 4 is 0 Å². The molecule has 0 amide bonds. The summed E-state index contributed by atoms with van der Waals surface area (Å²) in [6.07, 6.45) is 1.05. The maximum Gasteiger partial charge on any atom is 0.212 e. The lowest BCUT2D eigenvalue weighted by Crippen LogP contribution is -2.46. The minimum Gasteiger partial charge on any atom is -0.462 e. The molecule has 0 aromatic heterocycles. The molecule has 17 heavy (non-hydrogen) atoms. The van der Waals surface area contributed by atoms with Gasteiger partial charge in [-0.05, 0) is 31.2 Å². The van der Waals surface area contributed by atoms with Gasteiger partial charge in [0.25, 0.3) is 0 Å². The Hall–Kier alpha value is -1.13. The second kappa shape index (κ2) is 3.96. The molecule has 2 aliphatic rings. The predicted molar refractivity (Wildman–Crippen MR) is 61.2 cm³/mol. The molecule has 3 rings (SSSR count). The highest BCUT2D eigenvalue weighted by Gasteiger charge is 2.42. The largest absolute Gasteiger partial charge is 0.462 e. The summed E-state index contributed by atoms with van der Waals surface area (Å²) in [5, 5.41) is 3.31. The highest BCUT2D eigenvalue weighted by molar-refractivity contribution is 5.35. The lowest BCUT2D eigenvalue weighted by atomic mass is 9.97. The molecular formula is C13H16FNO2. The van der Waals surface area contributed by atoms with Gasteiger partial charge in [0.1, 0.15) is 11.6 Å². The standard InChI is InChI=1S/C13H16FNO2/c1-13(10-4-5-15-7-10)16-8-9-6-11(14)2-3-12(9)17-13/h2-3,6,10,15H,4-5,7-8H2,1H3. The smallest absolute Gasteiger partial charge is 0.212 e. The van der Waals surface area contributed by atoms with Crippen LogP contribution in [0.1, 0.15) is 18.9 Å². The third-order valence-electron chi connectivity index (χ3n) is 3.65. The Bertz CT molecular complexity index is 431. The topological polar surface area (TPSA) is 30.5 Å². The summed E-state index contributed by atoms with van der Waals surface area (Å²) in [4.78, 5) is 0. The molecule has 0 bridgehead atoms. The fraction of sp³-hybridized carbons (Fsp3) is 0.538. The summed E-state index contributed by atoms with van der Waals surface area (Å²) in [6, 6.07) is 4.59. The SMILES string of the molecule is CC1(C2CCNC2)OCc2cc(F)ccc2O1. The van der Waals surface area contributed by atoms with Crippen LogP contribution in [0, 0.1) is 11.7 Å². The molecule has 1 fully saturated rings. The quantitative estimate of drug-likeness (QED) is 0.811. The molecule has 1 aromatic rings. The van der Waals surface area contributed by atoms with Crippen molar-refractivity contribution in [2.45, 2.75) is 25.7 Å². The van der Waals surface area contributed by atoms with Crippen LogP contribution in [0.3, 0.4) is 0 Å². The average molecular weight is 237 g/mol. The molecule has 2 aliphatic heterocycles. The van der Waals surface area contributed by atoms with E-state index in [9.17, 15) is 4.39 Å². The highest BCUT2D eigenvalue weighted by atomic mass is 19.1. The third-order valence-corrected chi connectivity index (χ3v) is 3.65. The molecule has 1 saturated heterocycles. The van der Waals surface area contributed by atoms with E-state index in [0.717, 1.165) is 30.8 Å². The van der Waals surface area contributed by atoms with Crippen molar-refractivity contribution in [1.29, 1.82) is 0 Å². The number of ether oxygens (including phenoxy) is 2. The van der Waals surface area contributed by atoms with Gasteiger partial charge in [-0.1, -0.05) is 0 Å². The zero-order valence-corrected chi connectivity index (χ0v) is 9.83. The molecule has 2 atom stereocenters. The Morgan fingerprint density at radius 2 is 2.35 bits per heavy atom. The summed E-state index contributed by atoms with van der Waals surface area (Å²) < 4.78 is 24.8. The van der Waals surface area contributed by atoms with Gasteiger partial charge in [-0.2, -0.15) is 0 Å². The third kappa shape index (κ3) is 1.91. The van der Waals surface area contributed by atoms with Gasteiger partial charge in [-0.25, -0.2) is 4.39 Å². The molecule has 1 aromatic carbocycles. The summed E-state index contributed by atoms with van der Waals surface area (Å²) in [7, 11) is 0. The molecule has 2 unspecified atom stereocenters. The van der Waals surface area contributed by atoms with Crippen LogP contribution in [0.15, 0.2) is 18.2 Å². The highest BCUT2D eigenvalue weighted by Crippen LogP contribution is 2.37. The van der Waals surface area contributed by atoms with Crippen molar-refractivity contribution in [2.75, 3.05) is 13.1 Å². The first kappa shape index (κ1) is 11.0. The van der Waals surface area contributed by atoms with Gasteiger partial charge < -0.3 is 14.8 Å². The van der Waals surface area contributed by atoms with Gasteiger partial charge in [0, 0.05) is 24.9 Å². The van der Waals surface area contributed by atoms with Crippen molar-refractivity contribution in [3.05, 3.63) is 29.6 Å². The number of nitrogens with one attached hydrogen (secondary N) is 1. The summed E-state index contributed by atoms with van der Waals surface area (Å²) in [5.41, 5.74) is 0.786. The van der Waals surface area contributed by atoms with Crippen LogP contribution in [0.25, 0.3) is 0 Å². The van der Waals surface area contributed by atoms with E-state index in [2.05, 4.69) is 5.32 Å². The van der Waals surface area contributed by atoms with Crippen molar-refractivity contribution < 1.29 is 13.9 Å². The number of benzene rings is 1. The monoisotopic (exact) mass is 237 g/mol. The molecule has 1 N–H and O–H groups in total. The molecule has 0 saturated carbocycles. The maximum absolute atomic E-state index is 13.1. The van der Waals surface area contributed by atoms with Crippen molar-refractivity contribution in [1.82, 2.24) is 5.32 Å². The van der Waals surface area contributed by atoms with Crippen LogP contribution in [0.5, 0.6) is 5.75 Å². The van der Waals surface area contributed by atoms with Crippen molar-refractivity contribution in [3.63, 3.8) is 0 Å². The summed E-state index contributed by atoms with van der Waals surface area (Å²) >= 11 is 0. The predicted octanol–water partition coefficient (Wildman–Crippen LogP) is 2.06. The molecule has 0 radical (unpaired) electrons. The number of hydrogen-bond acceptors (Lipinski definition) is 3. The van der Waals surface area contributed by atoms with E-state index in [-0.39, 0.29) is 5.82 Å². The molecule has 92 valence electrons. The van der Waals surface area contributed by atoms with E-state index in [4.69, 9.17) is 9.47 Å². The Morgan fingerprint density at radius 3 is 3.12 bits per heavy atom. The number of hydrogen-bond donors (Lipinski definition) is 1. The first-order valence-electron chi connectivity index (χ1n) is 5.99. The van der Waals surface area contributed by atoms with Crippen LogP contribution in [-0.2, 0) is 11.3 Å². The van der Waals surface area contributed by atoms with Gasteiger partial charge in [0.05, 0.1) is 6.61 Å². The van der Waals surface area contributed by atoms with E-state index >= 15 is 0 Å². The zero-order valence-electron chi connectivity index (χ0n) is 9.83.